The lowest BCUT2D eigenvalue weighted by Gasteiger charge is -2.34. The zero-order valence-electron chi connectivity index (χ0n) is 15.1. The summed E-state index contributed by atoms with van der Waals surface area (Å²) >= 11 is 3.72. The number of aromatic nitrogens is 3. The van der Waals surface area contributed by atoms with Crippen LogP contribution in [-0.4, -0.2) is 52.7 Å². The van der Waals surface area contributed by atoms with Crippen LogP contribution in [-0.2, 0) is 5.41 Å². The van der Waals surface area contributed by atoms with Crippen molar-refractivity contribution in [3.05, 3.63) is 46.5 Å². The third kappa shape index (κ3) is 3.49. The van der Waals surface area contributed by atoms with E-state index < -0.39 is 0 Å². The van der Waals surface area contributed by atoms with Gasteiger partial charge in [-0.2, -0.15) is 5.10 Å². The van der Waals surface area contributed by atoms with Gasteiger partial charge in [0, 0.05) is 42.5 Å². The second kappa shape index (κ2) is 7.39. The number of nitrogens with zero attached hydrogens (tertiary/aromatic N) is 4. The molecule has 1 aliphatic carbocycles. The minimum absolute atomic E-state index is 0.244. The smallest absolute Gasteiger partial charge is 0.193 e. The van der Waals surface area contributed by atoms with E-state index in [0.717, 1.165) is 44.3 Å². The Labute approximate surface area is 162 Å². The minimum Gasteiger partial charge on any atom is -0.355 e. The number of piperidine rings is 1. The normalized spacial score (nSPS) is 20.2. The molecule has 26 heavy (non-hydrogen) atoms. The van der Waals surface area contributed by atoms with Crippen molar-refractivity contribution in [3.8, 4) is 0 Å². The Morgan fingerprint density at radius 2 is 2.12 bits per heavy atom. The molecule has 2 aromatic rings. The number of rotatable bonds is 4. The van der Waals surface area contributed by atoms with Crippen molar-refractivity contribution < 1.29 is 0 Å². The van der Waals surface area contributed by atoms with Gasteiger partial charge in [-0.25, -0.2) is 4.98 Å². The number of likely N-dealkylation sites (tertiary alicyclic amines) is 1. The lowest BCUT2D eigenvalue weighted by molar-refractivity contribution is 0.298. The molecule has 0 bridgehead atoms. The third-order valence-corrected chi connectivity index (χ3v) is 6.40. The number of benzene rings is 1. The fourth-order valence-corrected chi connectivity index (χ4v) is 4.65. The predicted octanol–water partition coefficient (Wildman–Crippen LogP) is 3.05. The summed E-state index contributed by atoms with van der Waals surface area (Å²) in [6.07, 6.45) is 6.20. The molecule has 1 saturated carbocycles. The molecule has 138 valence electrons. The zero-order valence-corrected chi connectivity index (χ0v) is 16.7. The molecule has 1 aliphatic heterocycles. The van der Waals surface area contributed by atoms with Gasteiger partial charge in [-0.3, -0.25) is 10.1 Å². The molecular formula is C19H25BrN6. The number of aliphatic imine (C=N–C) groups is 1. The van der Waals surface area contributed by atoms with Crippen molar-refractivity contribution in [2.45, 2.75) is 37.0 Å². The highest BCUT2D eigenvalue weighted by Crippen LogP contribution is 2.49. The molecule has 2 aliphatic rings. The monoisotopic (exact) mass is 416 g/mol. The fourth-order valence-electron chi connectivity index (χ4n) is 3.94. The second-order valence-corrected chi connectivity index (χ2v) is 8.15. The first kappa shape index (κ1) is 17.5. The maximum Gasteiger partial charge on any atom is 0.193 e. The molecule has 4 rings (SSSR count). The first-order valence-corrected chi connectivity index (χ1v) is 10.1. The number of nitrogens with one attached hydrogen (secondary N) is 2. The molecular weight excluding hydrogens is 392 g/mol. The first-order valence-electron chi connectivity index (χ1n) is 9.28. The van der Waals surface area contributed by atoms with Gasteiger partial charge in [-0.1, -0.05) is 34.1 Å². The number of aromatic amines is 1. The van der Waals surface area contributed by atoms with Gasteiger partial charge in [0.15, 0.2) is 5.96 Å². The fraction of sp³-hybridized carbons (Fsp3) is 0.526. The Morgan fingerprint density at radius 1 is 1.35 bits per heavy atom. The van der Waals surface area contributed by atoms with E-state index in [0.29, 0.717) is 5.92 Å². The van der Waals surface area contributed by atoms with E-state index in [-0.39, 0.29) is 5.41 Å². The summed E-state index contributed by atoms with van der Waals surface area (Å²) in [6.45, 7) is 2.92. The molecule has 2 N–H and O–H groups in total. The largest absolute Gasteiger partial charge is 0.355 e. The Kier molecular flexibility index (Phi) is 4.98. The topological polar surface area (TPSA) is 69.2 Å². The van der Waals surface area contributed by atoms with Crippen LogP contribution >= 0.6 is 15.9 Å². The number of halogens is 1. The summed E-state index contributed by atoms with van der Waals surface area (Å²) in [5.74, 6) is 2.50. The molecule has 2 heterocycles. The SMILES string of the molecule is CN=C(NCC1(c2ccccc2Br)CC1)N1CCC(c2ncn[nH]2)CC1. The van der Waals surface area contributed by atoms with Crippen LogP contribution in [0.25, 0.3) is 0 Å². The lowest BCUT2D eigenvalue weighted by atomic mass is 9.95. The van der Waals surface area contributed by atoms with Gasteiger partial charge < -0.3 is 10.2 Å². The Balaban J connectivity index is 1.35. The molecule has 0 unspecified atom stereocenters. The van der Waals surface area contributed by atoms with Crippen molar-refractivity contribution in [2.24, 2.45) is 4.99 Å². The van der Waals surface area contributed by atoms with Gasteiger partial charge >= 0.3 is 0 Å². The summed E-state index contributed by atoms with van der Waals surface area (Å²) < 4.78 is 1.21. The van der Waals surface area contributed by atoms with Crippen LogP contribution in [0.1, 0.15) is 43.0 Å². The second-order valence-electron chi connectivity index (χ2n) is 7.29. The van der Waals surface area contributed by atoms with Crippen LogP contribution in [0.5, 0.6) is 0 Å². The van der Waals surface area contributed by atoms with E-state index in [1.54, 1.807) is 6.33 Å². The number of guanidine groups is 1. The van der Waals surface area contributed by atoms with Gasteiger partial charge in [-0.15, -0.1) is 0 Å². The van der Waals surface area contributed by atoms with Gasteiger partial charge in [0.25, 0.3) is 0 Å². The summed E-state index contributed by atoms with van der Waals surface area (Å²) in [5.41, 5.74) is 1.65. The molecule has 0 amide bonds. The average Bonchev–Trinajstić information content (AvgIpc) is 3.25. The highest BCUT2D eigenvalue weighted by molar-refractivity contribution is 9.10. The van der Waals surface area contributed by atoms with Crippen molar-refractivity contribution in [1.82, 2.24) is 25.4 Å². The van der Waals surface area contributed by atoms with Crippen LogP contribution in [0.15, 0.2) is 40.1 Å². The molecule has 0 radical (unpaired) electrons. The van der Waals surface area contributed by atoms with Crippen LogP contribution in [0.3, 0.4) is 0 Å². The highest BCUT2D eigenvalue weighted by atomic mass is 79.9. The van der Waals surface area contributed by atoms with Crippen LogP contribution in [0, 0.1) is 0 Å². The van der Waals surface area contributed by atoms with Crippen molar-refractivity contribution in [3.63, 3.8) is 0 Å². The minimum atomic E-state index is 0.244. The Bertz CT molecular complexity index is 760. The standard InChI is InChI=1S/C19H25BrN6/c1-21-18(26-10-6-14(7-11-26)17-23-13-24-25-17)22-12-19(8-9-19)15-4-2-3-5-16(15)20/h2-5,13-14H,6-12H2,1H3,(H,21,22)(H,23,24,25). The van der Waals surface area contributed by atoms with E-state index in [1.807, 2.05) is 7.05 Å². The number of hydrogen-bond acceptors (Lipinski definition) is 3. The van der Waals surface area contributed by atoms with E-state index in [9.17, 15) is 0 Å². The molecule has 2 fully saturated rings. The Morgan fingerprint density at radius 3 is 2.73 bits per heavy atom. The van der Waals surface area contributed by atoms with Gasteiger partial charge in [-0.05, 0) is 37.3 Å². The lowest BCUT2D eigenvalue weighted by Crippen LogP contribution is -2.47. The molecule has 0 spiro atoms. The van der Waals surface area contributed by atoms with E-state index in [1.165, 1.54) is 22.9 Å². The van der Waals surface area contributed by atoms with Gasteiger partial charge in [0.2, 0.25) is 0 Å². The van der Waals surface area contributed by atoms with Crippen LogP contribution in [0.4, 0.5) is 0 Å². The Hall–Kier alpha value is -1.89. The maximum atomic E-state index is 4.53. The molecule has 1 aromatic heterocycles. The predicted molar refractivity (Wildman–Crippen MR) is 106 cm³/mol. The molecule has 6 nitrogen and oxygen atoms in total. The van der Waals surface area contributed by atoms with Crippen molar-refractivity contribution >= 4 is 21.9 Å². The van der Waals surface area contributed by atoms with E-state index in [4.69, 9.17) is 0 Å². The van der Waals surface area contributed by atoms with Crippen LogP contribution in [0.2, 0.25) is 0 Å². The van der Waals surface area contributed by atoms with Crippen LogP contribution < -0.4 is 5.32 Å². The molecule has 0 atom stereocenters. The summed E-state index contributed by atoms with van der Waals surface area (Å²) in [5, 5.41) is 10.6. The maximum absolute atomic E-state index is 4.53. The quantitative estimate of drug-likeness (QED) is 0.593. The van der Waals surface area contributed by atoms with Gasteiger partial charge in [0.1, 0.15) is 12.2 Å². The van der Waals surface area contributed by atoms with E-state index >= 15 is 0 Å². The van der Waals surface area contributed by atoms with E-state index in [2.05, 4.69) is 70.6 Å². The highest BCUT2D eigenvalue weighted by Gasteiger charge is 2.45. The molecule has 1 aromatic carbocycles. The number of H-pyrrole nitrogens is 1. The molecule has 7 heteroatoms. The van der Waals surface area contributed by atoms with Gasteiger partial charge in [0.05, 0.1) is 0 Å². The first-order chi connectivity index (χ1) is 12.7. The average molecular weight is 417 g/mol. The molecule has 1 saturated heterocycles. The van der Waals surface area contributed by atoms with Crippen molar-refractivity contribution in [2.75, 3.05) is 26.7 Å². The summed E-state index contributed by atoms with van der Waals surface area (Å²) in [7, 11) is 1.88. The van der Waals surface area contributed by atoms with Crippen molar-refractivity contribution in [1.29, 1.82) is 0 Å². The third-order valence-electron chi connectivity index (χ3n) is 5.71. The summed E-state index contributed by atoms with van der Waals surface area (Å²) in [6, 6.07) is 8.58. The zero-order chi connectivity index (χ0) is 18.0. The number of hydrogen-bond donors (Lipinski definition) is 2. The summed E-state index contributed by atoms with van der Waals surface area (Å²) in [4.78, 5) is 11.2.